The van der Waals surface area contributed by atoms with Gasteiger partial charge >= 0.3 is 5.97 Å². The number of aryl methyl sites for hydroxylation is 1. The van der Waals surface area contributed by atoms with Crippen molar-refractivity contribution in [2.75, 3.05) is 18.0 Å². The monoisotopic (exact) mass is 248 g/mol. The highest BCUT2D eigenvalue weighted by Crippen LogP contribution is 2.29. The van der Waals surface area contributed by atoms with E-state index in [9.17, 15) is 4.79 Å². The van der Waals surface area contributed by atoms with Gasteiger partial charge in [0.25, 0.3) is 5.71 Å². The van der Waals surface area contributed by atoms with E-state index in [-0.39, 0.29) is 11.5 Å². The number of aromatic nitrogens is 3. The normalized spacial score (nSPS) is 15.5. The minimum atomic E-state index is -1.16. The summed E-state index contributed by atoms with van der Waals surface area (Å²) in [5.41, 5.74) is 0.922. The number of carboxylic acid groups (broad SMARTS) is 1. The summed E-state index contributed by atoms with van der Waals surface area (Å²) in [4.78, 5) is 21.1. The summed E-state index contributed by atoms with van der Waals surface area (Å²) in [6.07, 6.45) is 2.16. The Morgan fingerprint density at radius 2 is 2.06 bits per heavy atom. The predicted octanol–water partition coefficient (Wildman–Crippen LogP) is 1.22. The Hall–Kier alpha value is -2.18. The lowest BCUT2D eigenvalue weighted by Crippen LogP contribution is -2.21. The number of hydrogen-bond donors (Lipinski definition) is 1. The van der Waals surface area contributed by atoms with E-state index < -0.39 is 5.97 Å². The molecule has 0 atom stereocenters. The predicted molar refractivity (Wildman–Crippen MR) is 62.7 cm³/mol. The van der Waals surface area contributed by atoms with E-state index in [4.69, 9.17) is 9.63 Å². The molecule has 0 unspecified atom stereocenters. The van der Waals surface area contributed by atoms with Crippen molar-refractivity contribution in [2.45, 2.75) is 19.8 Å². The summed E-state index contributed by atoms with van der Waals surface area (Å²) < 4.78 is 5.05. The molecular formula is C11H12N4O3. The first-order chi connectivity index (χ1) is 8.66. The molecule has 0 bridgehead atoms. The molecule has 94 valence electrons. The average molecular weight is 248 g/mol. The quantitative estimate of drug-likeness (QED) is 0.854. The van der Waals surface area contributed by atoms with Crippen molar-refractivity contribution >= 4 is 22.9 Å². The zero-order chi connectivity index (χ0) is 12.7. The molecule has 0 spiro atoms. The second-order valence-corrected chi connectivity index (χ2v) is 4.32. The maximum atomic E-state index is 11.0. The molecule has 3 heterocycles. The van der Waals surface area contributed by atoms with Crippen LogP contribution in [0.15, 0.2) is 4.52 Å². The summed E-state index contributed by atoms with van der Waals surface area (Å²) in [5, 5.41) is 13.6. The smallest absolute Gasteiger partial charge is 0.374 e. The molecule has 0 aliphatic carbocycles. The number of nitrogens with zero attached hydrogens (tertiary/aromatic N) is 4. The van der Waals surface area contributed by atoms with Crippen LogP contribution in [0, 0.1) is 6.92 Å². The largest absolute Gasteiger partial charge is 0.475 e. The lowest BCUT2D eigenvalue weighted by atomic mass is 10.3. The molecule has 7 nitrogen and oxygen atoms in total. The molecule has 3 rings (SSSR count). The standard InChI is InChI=1S/C11H12N4O3/c1-6-7-9(15-4-2-3-5-15)12-8(11(16)17)13-10(7)18-14-6/h2-5H2,1H3,(H,16,17). The van der Waals surface area contributed by atoms with Crippen molar-refractivity contribution < 1.29 is 14.4 Å². The van der Waals surface area contributed by atoms with E-state index in [1.54, 1.807) is 6.92 Å². The number of fused-ring (bicyclic) bond motifs is 1. The summed E-state index contributed by atoms with van der Waals surface area (Å²) in [5.74, 6) is -0.791. The van der Waals surface area contributed by atoms with Gasteiger partial charge in [-0.3, -0.25) is 0 Å². The first-order valence-corrected chi connectivity index (χ1v) is 5.79. The Kier molecular flexibility index (Phi) is 2.39. The molecule has 1 aliphatic rings. The third kappa shape index (κ3) is 1.59. The van der Waals surface area contributed by atoms with Crippen LogP contribution in [0.5, 0.6) is 0 Å². The first kappa shape index (κ1) is 10.9. The highest BCUT2D eigenvalue weighted by molar-refractivity contribution is 5.92. The summed E-state index contributed by atoms with van der Waals surface area (Å²) in [6.45, 7) is 3.54. The molecule has 1 fully saturated rings. The average Bonchev–Trinajstić information content (AvgIpc) is 2.98. The maximum Gasteiger partial charge on any atom is 0.374 e. The van der Waals surface area contributed by atoms with Crippen LogP contribution in [0.2, 0.25) is 0 Å². The van der Waals surface area contributed by atoms with Crippen LogP contribution in [0.1, 0.15) is 29.2 Å². The van der Waals surface area contributed by atoms with E-state index in [0.29, 0.717) is 16.9 Å². The Bertz CT molecular complexity index is 616. The number of anilines is 1. The van der Waals surface area contributed by atoms with Crippen LogP contribution in [0.3, 0.4) is 0 Å². The van der Waals surface area contributed by atoms with E-state index in [0.717, 1.165) is 25.9 Å². The van der Waals surface area contributed by atoms with Gasteiger partial charge < -0.3 is 14.5 Å². The van der Waals surface area contributed by atoms with Gasteiger partial charge in [0.1, 0.15) is 11.2 Å². The van der Waals surface area contributed by atoms with Crippen molar-refractivity contribution in [2.24, 2.45) is 0 Å². The van der Waals surface area contributed by atoms with Gasteiger partial charge in [0, 0.05) is 13.1 Å². The summed E-state index contributed by atoms with van der Waals surface area (Å²) in [6, 6.07) is 0. The molecule has 2 aromatic heterocycles. The highest BCUT2D eigenvalue weighted by atomic mass is 16.5. The second kappa shape index (κ2) is 3.94. The molecule has 1 saturated heterocycles. The van der Waals surface area contributed by atoms with E-state index in [1.165, 1.54) is 0 Å². The molecular weight excluding hydrogens is 236 g/mol. The fourth-order valence-corrected chi connectivity index (χ4v) is 2.22. The molecule has 0 aromatic carbocycles. The molecule has 0 saturated carbocycles. The topological polar surface area (TPSA) is 92.3 Å². The van der Waals surface area contributed by atoms with Crippen LogP contribution in [-0.2, 0) is 0 Å². The molecule has 18 heavy (non-hydrogen) atoms. The van der Waals surface area contributed by atoms with E-state index in [2.05, 4.69) is 20.0 Å². The Morgan fingerprint density at radius 3 is 2.72 bits per heavy atom. The van der Waals surface area contributed by atoms with E-state index in [1.807, 2.05) is 0 Å². The second-order valence-electron chi connectivity index (χ2n) is 4.32. The molecule has 2 aromatic rings. The van der Waals surface area contributed by atoms with Crippen molar-refractivity contribution in [3.05, 3.63) is 11.5 Å². The molecule has 1 aliphatic heterocycles. The van der Waals surface area contributed by atoms with Crippen molar-refractivity contribution in [1.29, 1.82) is 0 Å². The minimum Gasteiger partial charge on any atom is -0.475 e. The lowest BCUT2D eigenvalue weighted by molar-refractivity contribution is 0.0683. The van der Waals surface area contributed by atoms with Gasteiger partial charge in [0.2, 0.25) is 5.82 Å². The fourth-order valence-electron chi connectivity index (χ4n) is 2.22. The first-order valence-electron chi connectivity index (χ1n) is 5.79. The third-order valence-electron chi connectivity index (χ3n) is 3.08. The fraction of sp³-hybridized carbons (Fsp3) is 0.455. The zero-order valence-electron chi connectivity index (χ0n) is 9.88. The molecule has 7 heteroatoms. The van der Waals surface area contributed by atoms with Crippen LogP contribution >= 0.6 is 0 Å². The number of carbonyl (C=O) groups is 1. The van der Waals surface area contributed by atoms with Crippen LogP contribution in [-0.4, -0.2) is 39.3 Å². The van der Waals surface area contributed by atoms with Gasteiger partial charge in [-0.2, -0.15) is 4.98 Å². The van der Waals surface area contributed by atoms with Crippen LogP contribution in [0.4, 0.5) is 5.82 Å². The Balaban J connectivity index is 2.24. The summed E-state index contributed by atoms with van der Waals surface area (Å²) in [7, 11) is 0. The van der Waals surface area contributed by atoms with Gasteiger partial charge in [-0.25, -0.2) is 9.78 Å². The minimum absolute atomic E-state index is 0.238. The molecule has 1 N–H and O–H groups in total. The SMILES string of the molecule is Cc1noc2nc(C(=O)O)nc(N3CCCC3)c12. The van der Waals surface area contributed by atoms with Gasteiger partial charge in [-0.05, 0) is 19.8 Å². The van der Waals surface area contributed by atoms with Crippen LogP contribution in [0.25, 0.3) is 11.1 Å². The lowest BCUT2D eigenvalue weighted by Gasteiger charge is -2.16. The van der Waals surface area contributed by atoms with E-state index >= 15 is 0 Å². The maximum absolute atomic E-state index is 11.0. The highest BCUT2D eigenvalue weighted by Gasteiger charge is 2.23. The third-order valence-corrected chi connectivity index (χ3v) is 3.08. The zero-order valence-corrected chi connectivity index (χ0v) is 9.88. The summed E-state index contributed by atoms with van der Waals surface area (Å²) >= 11 is 0. The number of carboxylic acids is 1. The number of rotatable bonds is 2. The Morgan fingerprint density at radius 1 is 1.33 bits per heavy atom. The van der Waals surface area contributed by atoms with Crippen molar-refractivity contribution in [1.82, 2.24) is 15.1 Å². The van der Waals surface area contributed by atoms with Crippen LogP contribution < -0.4 is 4.90 Å². The van der Waals surface area contributed by atoms with Gasteiger partial charge in [-0.15, -0.1) is 0 Å². The molecule has 0 radical (unpaired) electrons. The Labute approximate surface area is 102 Å². The van der Waals surface area contributed by atoms with Gasteiger partial charge in [0.05, 0.1) is 5.69 Å². The van der Waals surface area contributed by atoms with Crippen molar-refractivity contribution in [3.63, 3.8) is 0 Å². The molecule has 0 amide bonds. The van der Waals surface area contributed by atoms with Gasteiger partial charge in [0.15, 0.2) is 0 Å². The number of hydrogen-bond acceptors (Lipinski definition) is 6. The number of aromatic carboxylic acids is 1. The van der Waals surface area contributed by atoms with Crippen molar-refractivity contribution in [3.8, 4) is 0 Å². The van der Waals surface area contributed by atoms with Gasteiger partial charge in [-0.1, -0.05) is 5.16 Å².